The first-order valence-corrected chi connectivity index (χ1v) is 6.72. The van der Waals surface area contributed by atoms with Crippen molar-refractivity contribution in [1.29, 1.82) is 0 Å². The molecule has 0 saturated carbocycles. The van der Waals surface area contributed by atoms with E-state index in [0.29, 0.717) is 25.3 Å². The van der Waals surface area contributed by atoms with Crippen molar-refractivity contribution in [3.63, 3.8) is 0 Å². The Bertz CT molecular complexity index is 413. The molecule has 0 aromatic heterocycles. The molecule has 2 atom stereocenters. The van der Waals surface area contributed by atoms with Gasteiger partial charge in [0.15, 0.2) is 0 Å². The number of anilines is 2. The molecule has 0 bridgehead atoms. The highest BCUT2D eigenvalue weighted by Crippen LogP contribution is 2.27. The lowest BCUT2D eigenvalue weighted by Gasteiger charge is -2.27. The number of benzene rings is 1. The van der Waals surface area contributed by atoms with E-state index in [1.165, 1.54) is 0 Å². The molecule has 5 heteroatoms. The zero-order chi connectivity index (χ0) is 12.5. The van der Waals surface area contributed by atoms with Gasteiger partial charge < -0.3 is 20.9 Å². The largest absolute Gasteiger partial charge is 0.397 e. The Hall–Kier alpha value is -0.530. The third-order valence-corrected chi connectivity index (χ3v) is 3.93. The van der Waals surface area contributed by atoms with Crippen molar-refractivity contribution in [2.24, 2.45) is 0 Å². The molecule has 17 heavy (non-hydrogen) atoms. The fraction of sp³-hybridized carbons (Fsp3) is 0.500. The zero-order valence-electron chi connectivity index (χ0n) is 9.74. The van der Waals surface area contributed by atoms with Crippen LogP contribution >= 0.6 is 22.6 Å². The summed E-state index contributed by atoms with van der Waals surface area (Å²) in [5, 5.41) is 13.5. The minimum absolute atomic E-state index is 0.139. The summed E-state index contributed by atoms with van der Waals surface area (Å²) in [6, 6.07) is 5.82. The van der Waals surface area contributed by atoms with Crippen molar-refractivity contribution in [1.82, 2.24) is 0 Å². The fourth-order valence-electron chi connectivity index (χ4n) is 1.95. The Kier molecular flexibility index (Phi) is 3.79. The maximum atomic E-state index is 10.3. The van der Waals surface area contributed by atoms with Crippen LogP contribution in [0.5, 0.6) is 0 Å². The van der Waals surface area contributed by atoms with Crippen molar-refractivity contribution in [2.75, 3.05) is 24.2 Å². The number of ether oxygens (including phenoxy) is 1. The number of hydrogen-bond donors (Lipinski definition) is 3. The maximum absolute atomic E-state index is 10.3. The Morgan fingerprint density at radius 2 is 2.41 bits per heavy atom. The SMILES string of the molecule is CC1OCCC1(O)CNc1ccc(I)cc1N. The Morgan fingerprint density at radius 3 is 3.00 bits per heavy atom. The summed E-state index contributed by atoms with van der Waals surface area (Å²) in [4.78, 5) is 0. The second kappa shape index (κ2) is 4.99. The van der Waals surface area contributed by atoms with Gasteiger partial charge in [0.2, 0.25) is 0 Å². The highest BCUT2D eigenvalue weighted by atomic mass is 127. The van der Waals surface area contributed by atoms with E-state index in [0.717, 1.165) is 9.26 Å². The normalized spacial score (nSPS) is 28.3. The van der Waals surface area contributed by atoms with Gasteiger partial charge >= 0.3 is 0 Å². The van der Waals surface area contributed by atoms with Crippen LogP contribution in [0.4, 0.5) is 11.4 Å². The van der Waals surface area contributed by atoms with Crippen LogP contribution in [0.2, 0.25) is 0 Å². The van der Waals surface area contributed by atoms with E-state index in [1.807, 2.05) is 25.1 Å². The second-order valence-electron chi connectivity index (χ2n) is 4.45. The van der Waals surface area contributed by atoms with Crippen molar-refractivity contribution in [3.05, 3.63) is 21.8 Å². The first-order valence-electron chi connectivity index (χ1n) is 5.64. The number of aliphatic hydroxyl groups is 1. The van der Waals surface area contributed by atoms with Gasteiger partial charge in [-0.3, -0.25) is 0 Å². The van der Waals surface area contributed by atoms with E-state index in [2.05, 4.69) is 27.9 Å². The predicted octanol–water partition coefficient (Wildman–Crippen LogP) is 1.83. The van der Waals surface area contributed by atoms with Crippen LogP contribution in [0, 0.1) is 3.57 Å². The monoisotopic (exact) mass is 348 g/mol. The van der Waals surface area contributed by atoms with Crippen LogP contribution in [0.15, 0.2) is 18.2 Å². The molecule has 0 radical (unpaired) electrons. The van der Waals surface area contributed by atoms with Gasteiger partial charge in [0.25, 0.3) is 0 Å². The van der Waals surface area contributed by atoms with E-state index in [4.69, 9.17) is 10.5 Å². The van der Waals surface area contributed by atoms with Crippen LogP contribution in [0.3, 0.4) is 0 Å². The first-order chi connectivity index (χ1) is 8.01. The van der Waals surface area contributed by atoms with E-state index in [1.54, 1.807) is 0 Å². The van der Waals surface area contributed by atoms with Gasteiger partial charge in [0, 0.05) is 23.1 Å². The summed E-state index contributed by atoms with van der Waals surface area (Å²) in [5.41, 5.74) is 6.67. The third kappa shape index (κ3) is 2.83. The first kappa shape index (κ1) is 12.9. The molecule has 0 spiro atoms. The summed E-state index contributed by atoms with van der Waals surface area (Å²) in [6.07, 6.45) is 0.519. The fourth-order valence-corrected chi connectivity index (χ4v) is 2.46. The average Bonchev–Trinajstić information content (AvgIpc) is 2.59. The highest BCUT2D eigenvalue weighted by Gasteiger charge is 2.39. The van der Waals surface area contributed by atoms with Gasteiger partial charge in [0.05, 0.1) is 17.5 Å². The number of nitrogens with two attached hydrogens (primary N) is 1. The summed E-state index contributed by atoms with van der Waals surface area (Å²) >= 11 is 2.22. The standard InChI is InChI=1S/C12H17IN2O2/c1-8-12(16,4-5-17-8)7-15-11-3-2-9(13)6-10(11)14/h2-3,6,8,15-16H,4-5,7,14H2,1H3. The van der Waals surface area contributed by atoms with Crippen molar-refractivity contribution in [3.8, 4) is 0 Å². The quantitative estimate of drug-likeness (QED) is 0.576. The van der Waals surface area contributed by atoms with Gasteiger partial charge in [0.1, 0.15) is 5.60 Å². The average molecular weight is 348 g/mol. The molecular formula is C12H17IN2O2. The molecule has 4 N–H and O–H groups in total. The van der Waals surface area contributed by atoms with Gasteiger partial charge in [-0.15, -0.1) is 0 Å². The van der Waals surface area contributed by atoms with Gasteiger partial charge in [-0.05, 0) is 47.7 Å². The summed E-state index contributed by atoms with van der Waals surface area (Å²) in [5.74, 6) is 0. The molecular weight excluding hydrogens is 331 g/mol. The van der Waals surface area contributed by atoms with Gasteiger partial charge in [-0.1, -0.05) is 0 Å². The molecule has 4 nitrogen and oxygen atoms in total. The lowest BCUT2D eigenvalue weighted by atomic mass is 9.96. The van der Waals surface area contributed by atoms with Crippen LogP contribution in [-0.4, -0.2) is 30.0 Å². The van der Waals surface area contributed by atoms with Crippen molar-refractivity contribution < 1.29 is 9.84 Å². The minimum Gasteiger partial charge on any atom is -0.397 e. The van der Waals surface area contributed by atoms with Crippen LogP contribution in [-0.2, 0) is 4.74 Å². The summed E-state index contributed by atoms with van der Waals surface area (Å²) in [7, 11) is 0. The van der Waals surface area contributed by atoms with Gasteiger partial charge in [-0.25, -0.2) is 0 Å². The topological polar surface area (TPSA) is 67.5 Å². The summed E-state index contributed by atoms with van der Waals surface area (Å²) in [6.45, 7) is 2.96. The Labute approximate surface area is 115 Å². The second-order valence-corrected chi connectivity index (χ2v) is 5.70. The molecule has 94 valence electrons. The van der Waals surface area contributed by atoms with Crippen LogP contribution in [0.1, 0.15) is 13.3 Å². The number of hydrogen-bond acceptors (Lipinski definition) is 4. The van der Waals surface area contributed by atoms with E-state index >= 15 is 0 Å². The third-order valence-electron chi connectivity index (χ3n) is 3.26. The molecule has 1 aliphatic heterocycles. The molecule has 1 aromatic rings. The lowest BCUT2D eigenvalue weighted by molar-refractivity contribution is -0.0175. The Balaban J connectivity index is 2.02. The molecule has 0 aliphatic carbocycles. The molecule has 1 aliphatic rings. The van der Waals surface area contributed by atoms with E-state index < -0.39 is 5.60 Å². The minimum atomic E-state index is -0.796. The number of rotatable bonds is 3. The Morgan fingerprint density at radius 1 is 1.65 bits per heavy atom. The zero-order valence-corrected chi connectivity index (χ0v) is 11.9. The smallest absolute Gasteiger partial charge is 0.110 e. The molecule has 1 aromatic carbocycles. The lowest BCUT2D eigenvalue weighted by Crippen LogP contribution is -2.43. The summed E-state index contributed by atoms with van der Waals surface area (Å²) < 4.78 is 6.48. The predicted molar refractivity (Wildman–Crippen MR) is 77.0 cm³/mol. The highest BCUT2D eigenvalue weighted by molar-refractivity contribution is 14.1. The number of nitrogen functional groups attached to an aromatic ring is 1. The van der Waals surface area contributed by atoms with E-state index in [9.17, 15) is 5.11 Å². The van der Waals surface area contributed by atoms with Gasteiger partial charge in [-0.2, -0.15) is 0 Å². The number of halogens is 1. The maximum Gasteiger partial charge on any atom is 0.110 e. The van der Waals surface area contributed by atoms with Crippen LogP contribution < -0.4 is 11.1 Å². The van der Waals surface area contributed by atoms with Crippen LogP contribution in [0.25, 0.3) is 0 Å². The molecule has 1 fully saturated rings. The van der Waals surface area contributed by atoms with Crippen molar-refractivity contribution in [2.45, 2.75) is 25.0 Å². The van der Waals surface area contributed by atoms with E-state index in [-0.39, 0.29) is 6.10 Å². The number of nitrogens with one attached hydrogen (secondary N) is 1. The molecule has 2 rings (SSSR count). The molecule has 0 amide bonds. The van der Waals surface area contributed by atoms with Crippen molar-refractivity contribution >= 4 is 34.0 Å². The molecule has 2 unspecified atom stereocenters. The molecule has 1 saturated heterocycles. The molecule has 1 heterocycles.